The fraction of sp³-hybridized carbons (Fsp3) is 0.209. The van der Waals surface area contributed by atoms with Crippen LogP contribution in [0.25, 0.3) is 33.0 Å². The minimum Gasteiger partial charge on any atom is -0.310 e. The van der Waals surface area contributed by atoms with E-state index in [1.165, 1.54) is 77.9 Å². The topological polar surface area (TPSA) is 3.24 Å². The van der Waals surface area contributed by atoms with Crippen LogP contribution in [-0.4, -0.2) is 0 Å². The van der Waals surface area contributed by atoms with E-state index in [1.54, 1.807) is 0 Å². The Kier molecular flexibility index (Phi) is 5.94. The lowest BCUT2D eigenvalue weighted by molar-refractivity contribution is 0.652. The van der Waals surface area contributed by atoms with E-state index < -0.39 is 0 Å². The lowest BCUT2D eigenvalue weighted by Crippen LogP contribution is -2.18. The largest absolute Gasteiger partial charge is 0.310 e. The number of aryl methyl sites for hydroxylation is 1. The molecule has 0 spiro atoms. The van der Waals surface area contributed by atoms with Crippen LogP contribution in [0, 0.1) is 0 Å². The third-order valence-electron chi connectivity index (χ3n) is 10.3. The number of benzene rings is 6. The van der Waals surface area contributed by atoms with Crippen LogP contribution in [-0.2, 0) is 17.3 Å². The minimum atomic E-state index is -0.145. The predicted molar refractivity (Wildman–Crippen MR) is 188 cm³/mol. The van der Waals surface area contributed by atoms with Crippen molar-refractivity contribution in [1.29, 1.82) is 0 Å². The molecule has 0 aromatic heterocycles. The van der Waals surface area contributed by atoms with Crippen LogP contribution in [0.1, 0.15) is 68.9 Å². The lowest BCUT2D eigenvalue weighted by atomic mass is 9.79. The monoisotopic (exact) mass is 569 g/mol. The average Bonchev–Trinajstić information content (AvgIpc) is 3.41. The van der Waals surface area contributed by atoms with Gasteiger partial charge in [-0.15, -0.1) is 0 Å². The maximum absolute atomic E-state index is 2.53. The summed E-state index contributed by atoms with van der Waals surface area (Å²) in [5.74, 6) is 0. The van der Waals surface area contributed by atoms with Crippen LogP contribution >= 0.6 is 0 Å². The third kappa shape index (κ3) is 3.78. The second kappa shape index (κ2) is 9.69. The van der Waals surface area contributed by atoms with Crippen molar-refractivity contribution in [3.8, 4) is 22.3 Å². The summed E-state index contributed by atoms with van der Waals surface area (Å²) in [5, 5.41) is 2.60. The van der Waals surface area contributed by atoms with Gasteiger partial charge in [0, 0.05) is 27.6 Å². The Hall–Kier alpha value is -4.62. The van der Waals surface area contributed by atoms with E-state index in [0.29, 0.717) is 0 Å². The van der Waals surface area contributed by atoms with E-state index in [-0.39, 0.29) is 10.8 Å². The summed E-state index contributed by atoms with van der Waals surface area (Å²) in [7, 11) is 0. The number of nitrogens with zero attached hydrogens (tertiary/aromatic N) is 1. The fourth-order valence-electron chi connectivity index (χ4n) is 8.05. The van der Waals surface area contributed by atoms with Crippen molar-refractivity contribution in [2.75, 3.05) is 4.90 Å². The van der Waals surface area contributed by atoms with Gasteiger partial charge < -0.3 is 4.90 Å². The molecule has 1 nitrogen and oxygen atoms in total. The van der Waals surface area contributed by atoms with Crippen LogP contribution in [0.5, 0.6) is 0 Å². The molecular formula is C43H39N. The van der Waals surface area contributed by atoms with E-state index in [4.69, 9.17) is 0 Å². The molecule has 0 amide bonds. The zero-order chi connectivity index (χ0) is 30.2. The second-order valence-electron chi connectivity index (χ2n) is 13.7. The van der Waals surface area contributed by atoms with Gasteiger partial charge in [0.2, 0.25) is 0 Å². The molecule has 0 saturated carbocycles. The molecule has 0 bridgehead atoms. The van der Waals surface area contributed by atoms with Gasteiger partial charge in [0.25, 0.3) is 0 Å². The first-order valence-corrected chi connectivity index (χ1v) is 16.1. The van der Waals surface area contributed by atoms with E-state index in [0.717, 1.165) is 12.8 Å². The zero-order valence-electron chi connectivity index (χ0n) is 26.4. The third-order valence-corrected chi connectivity index (χ3v) is 10.3. The predicted octanol–water partition coefficient (Wildman–Crippen LogP) is 11.9. The van der Waals surface area contributed by atoms with Crippen LogP contribution in [0.2, 0.25) is 0 Å². The first-order valence-electron chi connectivity index (χ1n) is 16.1. The van der Waals surface area contributed by atoms with Gasteiger partial charge in [-0.3, -0.25) is 0 Å². The molecular weight excluding hydrogens is 530 g/mol. The molecule has 1 heteroatoms. The van der Waals surface area contributed by atoms with Crippen molar-refractivity contribution in [2.45, 2.75) is 58.3 Å². The number of para-hydroxylation sites is 1. The van der Waals surface area contributed by atoms with Crippen molar-refractivity contribution < 1.29 is 0 Å². The van der Waals surface area contributed by atoms with Crippen LogP contribution < -0.4 is 4.90 Å². The lowest BCUT2D eigenvalue weighted by Gasteiger charge is -2.30. The smallest absolute Gasteiger partial charge is 0.0543 e. The van der Waals surface area contributed by atoms with E-state index in [9.17, 15) is 0 Å². The number of hydrogen-bond acceptors (Lipinski definition) is 1. The Balaban J connectivity index is 1.39. The zero-order valence-corrected chi connectivity index (χ0v) is 26.4. The second-order valence-corrected chi connectivity index (χ2v) is 13.7. The summed E-state index contributed by atoms with van der Waals surface area (Å²) in [6, 6.07) is 45.6. The van der Waals surface area contributed by atoms with Gasteiger partial charge in [-0.05, 0) is 104 Å². The average molecular weight is 570 g/mol. The molecule has 0 radical (unpaired) electrons. The van der Waals surface area contributed by atoms with Crippen LogP contribution in [0.4, 0.5) is 17.1 Å². The molecule has 0 saturated heterocycles. The fourth-order valence-corrected chi connectivity index (χ4v) is 8.05. The number of hydrogen-bond donors (Lipinski definition) is 0. The quantitative estimate of drug-likeness (QED) is 0.200. The molecule has 6 aromatic rings. The van der Waals surface area contributed by atoms with Crippen molar-refractivity contribution in [3.05, 3.63) is 149 Å². The molecule has 44 heavy (non-hydrogen) atoms. The highest BCUT2D eigenvalue weighted by atomic mass is 15.1. The van der Waals surface area contributed by atoms with Crippen LogP contribution in [0.15, 0.2) is 121 Å². The Morgan fingerprint density at radius 2 is 1.09 bits per heavy atom. The van der Waals surface area contributed by atoms with Crippen molar-refractivity contribution in [3.63, 3.8) is 0 Å². The molecule has 0 unspecified atom stereocenters. The first kappa shape index (κ1) is 27.0. The first-order chi connectivity index (χ1) is 21.3. The Morgan fingerprint density at radius 3 is 1.84 bits per heavy atom. The van der Waals surface area contributed by atoms with E-state index >= 15 is 0 Å². The number of fused-ring (bicyclic) bond motifs is 8. The van der Waals surface area contributed by atoms with Gasteiger partial charge in [0.15, 0.2) is 0 Å². The summed E-state index contributed by atoms with van der Waals surface area (Å²) in [4.78, 5) is 2.46. The molecule has 0 atom stereocenters. The normalized spacial score (nSPS) is 15.0. The molecule has 2 aliphatic carbocycles. The van der Waals surface area contributed by atoms with Gasteiger partial charge in [-0.1, -0.05) is 120 Å². The molecule has 216 valence electrons. The molecule has 0 aliphatic heterocycles. The van der Waals surface area contributed by atoms with Gasteiger partial charge in [-0.2, -0.15) is 0 Å². The number of rotatable bonds is 5. The van der Waals surface area contributed by atoms with Crippen LogP contribution in [0.3, 0.4) is 0 Å². The summed E-state index contributed by atoms with van der Waals surface area (Å²) in [5.41, 5.74) is 16.1. The molecule has 0 N–H and O–H groups in total. The van der Waals surface area contributed by atoms with Crippen molar-refractivity contribution in [1.82, 2.24) is 0 Å². The van der Waals surface area contributed by atoms with Gasteiger partial charge in [-0.25, -0.2) is 0 Å². The maximum atomic E-state index is 2.53. The summed E-state index contributed by atoms with van der Waals surface area (Å²) in [6.07, 6.45) is 2.25. The Bertz CT molecular complexity index is 2060. The summed E-state index contributed by atoms with van der Waals surface area (Å²) < 4.78 is 0. The maximum Gasteiger partial charge on any atom is 0.0543 e. The Labute approximate surface area is 261 Å². The molecule has 8 rings (SSSR count). The van der Waals surface area contributed by atoms with Gasteiger partial charge >= 0.3 is 0 Å². The molecule has 0 fully saturated rings. The van der Waals surface area contributed by atoms with Gasteiger partial charge in [0.1, 0.15) is 0 Å². The molecule has 2 aliphatic rings. The highest BCUT2D eigenvalue weighted by Gasteiger charge is 2.42. The minimum absolute atomic E-state index is 0.0301. The van der Waals surface area contributed by atoms with Crippen molar-refractivity contribution >= 4 is 27.8 Å². The molecule has 6 aromatic carbocycles. The standard InChI is InChI=1S/C43H39N/c1-6-14-28-21-23-30(24-22-28)44(29-15-8-7-9-16-29)40-27-39-41(33-19-11-10-18-32(33)40)35-26-37-34(25-38(35)43(39,4)5)31-17-12-13-20-36(31)42(37,2)3/h7-13,15-27H,6,14H2,1-5H3. The van der Waals surface area contributed by atoms with Gasteiger partial charge in [0.05, 0.1) is 5.69 Å². The van der Waals surface area contributed by atoms with E-state index in [2.05, 4.69) is 161 Å². The van der Waals surface area contributed by atoms with Crippen molar-refractivity contribution in [2.24, 2.45) is 0 Å². The summed E-state index contributed by atoms with van der Waals surface area (Å²) >= 11 is 0. The summed E-state index contributed by atoms with van der Waals surface area (Å²) in [6.45, 7) is 11.8. The highest BCUT2D eigenvalue weighted by Crippen LogP contribution is 2.58. The SMILES string of the molecule is CCCc1ccc(N(c2ccccc2)c2cc3c(c4ccccc24)-c2cc4c(cc2C3(C)C)-c2ccccc2C4(C)C)cc1. The number of anilines is 3. The highest BCUT2D eigenvalue weighted by molar-refractivity contribution is 6.10. The van der Waals surface area contributed by atoms with E-state index in [1.807, 2.05) is 0 Å². The molecule has 0 heterocycles. The Morgan fingerprint density at radius 1 is 0.500 bits per heavy atom.